The lowest BCUT2D eigenvalue weighted by Crippen LogP contribution is -2.24. The normalized spacial score (nSPS) is 11.6. The number of amides is 1. The molecule has 0 aliphatic carbocycles. The van der Waals surface area contributed by atoms with Gasteiger partial charge in [-0.05, 0) is 46.9 Å². The van der Waals surface area contributed by atoms with Crippen LogP contribution in [0.4, 0.5) is 18.0 Å². The zero-order valence-electron chi connectivity index (χ0n) is 15.6. The molecule has 0 saturated heterocycles. The Morgan fingerprint density at radius 1 is 1.15 bits per heavy atom. The Kier molecular flexibility index (Phi) is 6.03. The number of nitrogens with zero attached hydrogens (tertiary/aromatic N) is 1. The summed E-state index contributed by atoms with van der Waals surface area (Å²) in [5, 5.41) is 9.13. The fourth-order valence-electron chi connectivity index (χ4n) is 2.78. The molecule has 0 atom stereocenters. The highest BCUT2D eigenvalue weighted by atomic mass is 19.4. The zero-order chi connectivity index (χ0) is 20.4. The fraction of sp³-hybridized carbons (Fsp3) is 0.350. The average Bonchev–Trinajstić information content (AvgIpc) is 2.60. The van der Waals surface area contributed by atoms with Crippen LogP contribution in [0.3, 0.4) is 0 Å². The summed E-state index contributed by atoms with van der Waals surface area (Å²) in [4.78, 5) is 12.1. The van der Waals surface area contributed by atoms with Crippen LogP contribution < -0.4 is 4.74 Å². The molecule has 27 heavy (non-hydrogen) atoms. The first-order valence-electron chi connectivity index (χ1n) is 8.37. The monoisotopic (exact) mass is 381 g/mol. The molecule has 0 aromatic heterocycles. The molecular weight excluding hydrogens is 359 g/mol. The maximum Gasteiger partial charge on any atom is 0.416 e. The van der Waals surface area contributed by atoms with Gasteiger partial charge in [0.1, 0.15) is 5.75 Å². The lowest BCUT2D eigenvalue weighted by molar-refractivity contribution is -0.137. The molecule has 0 fully saturated rings. The van der Waals surface area contributed by atoms with Gasteiger partial charge in [0.05, 0.1) is 12.7 Å². The van der Waals surface area contributed by atoms with Crippen molar-refractivity contribution in [3.8, 4) is 16.9 Å². The first-order chi connectivity index (χ1) is 12.5. The number of carbonyl (C=O) groups is 1. The minimum atomic E-state index is -4.51. The number of alkyl halides is 3. The van der Waals surface area contributed by atoms with Crippen molar-refractivity contribution in [2.45, 2.75) is 32.5 Å². The van der Waals surface area contributed by atoms with Crippen LogP contribution in [0.2, 0.25) is 0 Å². The number of methoxy groups -OCH3 is 1. The quantitative estimate of drug-likeness (QED) is 0.732. The number of rotatable bonds is 5. The van der Waals surface area contributed by atoms with Gasteiger partial charge in [0.25, 0.3) is 0 Å². The molecule has 7 heteroatoms. The smallest absolute Gasteiger partial charge is 0.416 e. The van der Waals surface area contributed by atoms with E-state index in [2.05, 4.69) is 0 Å². The molecule has 4 nitrogen and oxygen atoms in total. The van der Waals surface area contributed by atoms with E-state index in [9.17, 15) is 18.0 Å². The lowest BCUT2D eigenvalue weighted by atomic mass is 9.92. The molecule has 0 saturated carbocycles. The number of carboxylic acid groups (broad SMARTS) is 1. The fourth-order valence-corrected chi connectivity index (χ4v) is 2.78. The molecule has 2 rings (SSSR count). The minimum Gasteiger partial charge on any atom is -0.496 e. The molecule has 146 valence electrons. The summed E-state index contributed by atoms with van der Waals surface area (Å²) in [7, 11) is 2.80. The molecule has 0 spiro atoms. The number of halogens is 3. The second-order valence-corrected chi connectivity index (χ2v) is 6.62. The second-order valence-electron chi connectivity index (χ2n) is 6.62. The number of hydrogen-bond acceptors (Lipinski definition) is 2. The van der Waals surface area contributed by atoms with Gasteiger partial charge >= 0.3 is 12.3 Å². The first-order valence-corrected chi connectivity index (χ1v) is 8.37. The van der Waals surface area contributed by atoms with Gasteiger partial charge in [0.15, 0.2) is 0 Å². The molecule has 1 N–H and O–H groups in total. The average molecular weight is 381 g/mol. The van der Waals surface area contributed by atoms with Gasteiger partial charge in [-0.1, -0.05) is 26.0 Å². The van der Waals surface area contributed by atoms with Gasteiger partial charge in [-0.3, -0.25) is 0 Å². The molecule has 2 aromatic carbocycles. The highest BCUT2D eigenvalue weighted by Crippen LogP contribution is 2.38. The van der Waals surface area contributed by atoms with Gasteiger partial charge in [-0.15, -0.1) is 0 Å². The maximum absolute atomic E-state index is 13.2. The Morgan fingerprint density at radius 2 is 1.81 bits per heavy atom. The van der Waals surface area contributed by atoms with E-state index in [0.717, 1.165) is 22.6 Å². The van der Waals surface area contributed by atoms with Crippen LogP contribution in [0.25, 0.3) is 11.1 Å². The lowest BCUT2D eigenvalue weighted by Gasteiger charge is -2.20. The largest absolute Gasteiger partial charge is 0.496 e. The van der Waals surface area contributed by atoms with Crippen molar-refractivity contribution in [2.24, 2.45) is 0 Å². The van der Waals surface area contributed by atoms with Gasteiger partial charge in [-0.2, -0.15) is 13.2 Å². The number of hydrogen-bond donors (Lipinski definition) is 1. The third-order valence-corrected chi connectivity index (χ3v) is 4.35. The molecule has 2 aromatic rings. The Bertz CT molecular complexity index is 832. The van der Waals surface area contributed by atoms with Crippen LogP contribution >= 0.6 is 0 Å². The molecule has 0 bridgehead atoms. The van der Waals surface area contributed by atoms with Crippen molar-refractivity contribution in [3.63, 3.8) is 0 Å². The molecule has 0 aliphatic heterocycles. The van der Waals surface area contributed by atoms with E-state index in [1.165, 1.54) is 20.2 Å². The maximum atomic E-state index is 13.2. The predicted octanol–water partition coefficient (Wildman–Crippen LogP) is 5.61. The third kappa shape index (κ3) is 4.72. The van der Waals surface area contributed by atoms with Gasteiger partial charge in [0, 0.05) is 19.2 Å². The van der Waals surface area contributed by atoms with E-state index in [1.807, 2.05) is 26.0 Å². The van der Waals surface area contributed by atoms with Crippen LogP contribution in [0.5, 0.6) is 5.75 Å². The Labute approximate surface area is 156 Å². The van der Waals surface area contributed by atoms with E-state index < -0.39 is 17.8 Å². The van der Waals surface area contributed by atoms with Crippen molar-refractivity contribution >= 4 is 6.09 Å². The van der Waals surface area contributed by atoms with Gasteiger partial charge in [-0.25, -0.2) is 4.79 Å². The Morgan fingerprint density at radius 3 is 2.33 bits per heavy atom. The van der Waals surface area contributed by atoms with Crippen LogP contribution in [0, 0.1) is 0 Å². The molecule has 0 radical (unpaired) electrons. The van der Waals surface area contributed by atoms with Crippen molar-refractivity contribution in [1.82, 2.24) is 4.90 Å². The number of benzene rings is 2. The topological polar surface area (TPSA) is 49.8 Å². The van der Waals surface area contributed by atoms with Crippen LogP contribution in [0.15, 0.2) is 36.4 Å². The van der Waals surface area contributed by atoms with E-state index >= 15 is 0 Å². The summed E-state index contributed by atoms with van der Waals surface area (Å²) in [6, 6.07) is 8.91. The minimum absolute atomic E-state index is 0.177. The van der Waals surface area contributed by atoms with Crippen molar-refractivity contribution in [1.29, 1.82) is 0 Å². The number of ether oxygens (including phenoxy) is 1. The SMILES string of the molecule is COc1ccc(C(C)C)cc1-c1ccc(C(F)(F)F)cc1CN(C)C(=O)O. The molecule has 0 aliphatic rings. The third-order valence-electron chi connectivity index (χ3n) is 4.35. The summed E-state index contributed by atoms with van der Waals surface area (Å²) < 4.78 is 44.9. The van der Waals surface area contributed by atoms with Crippen molar-refractivity contribution < 1.29 is 27.8 Å². The first kappa shape index (κ1) is 20.6. The van der Waals surface area contributed by atoms with E-state index in [0.29, 0.717) is 16.9 Å². The van der Waals surface area contributed by atoms with Crippen molar-refractivity contribution in [2.75, 3.05) is 14.2 Å². The summed E-state index contributed by atoms with van der Waals surface area (Å²) in [6.07, 6.45) is -5.74. The molecule has 0 heterocycles. The van der Waals surface area contributed by atoms with E-state index in [1.54, 1.807) is 6.07 Å². The Balaban J connectivity index is 2.68. The molecule has 1 amide bonds. The summed E-state index contributed by atoms with van der Waals surface area (Å²) in [5.41, 5.74) is 1.58. The van der Waals surface area contributed by atoms with Gasteiger partial charge in [0.2, 0.25) is 0 Å². The van der Waals surface area contributed by atoms with Gasteiger partial charge < -0.3 is 14.7 Å². The standard InChI is InChI=1S/C20H22F3NO3/c1-12(2)13-5-8-18(27-4)17(10-13)16-7-6-15(20(21,22)23)9-14(16)11-24(3)19(25)26/h5-10,12H,11H2,1-4H3,(H,25,26). The van der Waals surface area contributed by atoms with E-state index in [4.69, 9.17) is 9.84 Å². The predicted molar refractivity (Wildman–Crippen MR) is 97.0 cm³/mol. The second kappa shape index (κ2) is 7.90. The molecular formula is C20H22F3NO3. The van der Waals surface area contributed by atoms with Crippen LogP contribution in [-0.4, -0.2) is 30.3 Å². The summed E-state index contributed by atoms with van der Waals surface area (Å²) in [6.45, 7) is 3.85. The van der Waals surface area contributed by atoms with E-state index in [-0.39, 0.29) is 18.0 Å². The highest BCUT2D eigenvalue weighted by molar-refractivity contribution is 5.75. The van der Waals surface area contributed by atoms with Crippen LogP contribution in [0.1, 0.15) is 36.5 Å². The highest BCUT2D eigenvalue weighted by Gasteiger charge is 2.31. The van der Waals surface area contributed by atoms with Crippen molar-refractivity contribution in [3.05, 3.63) is 53.1 Å². The summed E-state index contributed by atoms with van der Waals surface area (Å²) in [5.74, 6) is 0.729. The Hall–Kier alpha value is -2.70. The summed E-state index contributed by atoms with van der Waals surface area (Å²) >= 11 is 0. The van der Waals surface area contributed by atoms with Crippen LogP contribution in [-0.2, 0) is 12.7 Å². The zero-order valence-corrected chi connectivity index (χ0v) is 15.6. The molecule has 0 unspecified atom stereocenters.